The average Bonchev–Trinajstić information content (AvgIpc) is 2.87. The number of thioether (sulfide) groups is 1. The van der Waals surface area contributed by atoms with E-state index < -0.39 is 12.0 Å². The van der Waals surface area contributed by atoms with E-state index in [2.05, 4.69) is 5.32 Å². The monoisotopic (exact) mass is 269 g/mol. The first kappa shape index (κ1) is 13.0. The van der Waals surface area contributed by atoms with Crippen molar-refractivity contribution in [1.82, 2.24) is 5.32 Å². The van der Waals surface area contributed by atoms with Gasteiger partial charge in [-0.25, -0.2) is 0 Å². The van der Waals surface area contributed by atoms with E-state index in [0.29, 0.717) is 17.3 Å². The summed E-state index contributed by atoms with van der Waals surface area (Å²) in [6, 6.07) is 5.08. The van der Waals surface area contributed by atoms with Crippen molar-refractivity contribution in [3.8, 4) is 11.5 Å². The van der Waals surface area contributed by atoms with Gasteiger partial charge in [-0.05, 0) is 6.07 Å². The SMILES string of the molecule is COc1cccc([C@H]2N[C@H](C(=O)O)CS2)c1OC. The van der Waals surface area contributed by atoms with Crippen LogP contribution in [-0.2, 0) is 4.79 Å². The lowest BCUT2D eigenvalue weighted by Crippen LogP contribution is -2.33. The Hall–Kier alpha value is -1.40. The molecule has 0 unspecified atom stereocenters. The first-order valence-electron chi connectivity index (χ1n) is 5.48. The molecule has 1 fully saturated rings. The van der Waals surface area contributed by atoms with Crippen molar-refractivity contribution in [1.29, 1.82) is 0 Å². The highest BCUT2D eigenvalue weighted by Crippen LogP contribution is 2.41. The summed E-state index contributed by atoms with van der Waals surface area (Å²) in [5, 5.41) is 11.9. The molecule has 0 saturated carbocycles. The maximum Gasteiger partial charge on any atom is 0.321 e. The fourth-order valence-corrected chi connectivity index (χ4v) is 3.16. The number of ether oxygens (including phenoxy) is 2. The molecule has 1 aliphatic rings. The Morgan fingerprint density at radius 1 is 1.44 bits per heavy atom. The quantitative estimate of drug-likeness (QED) is 0.863. The van der Waals surface area contributed by atoms with Crippen LogP contribution in [0.15, 0.2) is 18.2 Å². The Morgan fingerprint density at radius 2 is 2.22 bits per heavy atom. The molecule has 0 aliphatic carbocycles. The standard InChI is InChI=1S/C12H15NO4S/c1-16-9-5-3-4-7(10(9)17-2)11-13-8(6-18-11)12(14)15/h3-5,8,11,13H,6H2,1-2H3,(H,14,15)/t8-,11-/m0/s1. The van der Waals surface area contributed by atoms with Crippen LogP contribution >= 0.6 is 11.8 Å². The zero-order valence-corrected chi connectivity index (χ0v) is 11.0. The fourth-order valence-electron chi connectivity index (χ4n) is 1.91. The first-order valence-corrected chi connectivity index (χ1v) is 6.53. The Balaban J connectivity index is 2.26. The summed E-state index contributed by atoms with van der Waals surface area (Å²) < 4.78 is 10.6. The van der Waals surface area contributed by atoms with Crippen LogP contribution in [-0.4, -0.2) is 37.1 Å². The number of carboxylic acid groups (broad SMARTS) is 1. The summed E-state index contributed by atoms with van der Waals surface area (Å²) in [4.78, 5) is 10.9. The molecule has 6 heteroatoms. The lowest BCUT2D eigenvalue weighted by molar-refractivity contribution is -0.138. The molecule has 0 amide bonds. The molecule has 98 valence electrons. The summed E-state index contributed by atoms with van der Waals surface area (Å²) in [6.45, 7) is 0. The van der Waals surface area contributed by atoms with Crippen LogP contribution in [0.2, 0.25) is 0 Å². The second-order valence-corrected chi connectivity index (χ2v) is 4.99. The summed E-state index contributed by atoms with van der Waals surface area (Å²) in [5.41, 5.74) is 0.908. The number of hydrogen-bond donors (Lipinski definition) is 2. The molecule has 1 aliphatic heterocycles. The van der Waals surface area contributed by atoms with Gasteiger partial charge in [-0.2, -0.15) is 0 Å². The zero-order valence-electron chi connectivity index (χ0n) is 10.2. The maximum absolute atomic E-state index is 10.9. The minimum atomic E-state index is -0.827. The summed E-state index contributed by atoms with van der Waals surface area (Å²) in [6.07, 6.45) is 0. The Bertz CT molecular complexity index is 452. The number of para-hydroxylation sites is 1. The van der Waals surface area contributed by atoms with Crippen LogP contribution in [0.3, 0.4) is 0 Å². The largest absolute Gasteiger partial charge is 0.493 e. The van der Waals surface area contributed by atoms with Gasteiger partial charge in [0.05, 0.1) is 19.6 Å². The molecule has 2 atom stereocenters. The molecule has 1 saturated heterocycles. The molecular weight excluding hydrogens is 254 g/mol. The number of rotatable bonds is 4. The van der Waals surface area contributed by atoms with Crippen molar-refractivity contribution in [2.75, 3.05) is 20.0 Å². The van der Waals surface area contributed by atoms with Crippen molar-refractivity contribution in [2.45, 2.75) is 11.4 Å². The highest BCUT2D eigenvalue weighted by atomic mass is 32.2. The van der Waals surface area contributed by atoms with Crippen LogP contribution in [0.25, 0.3) is 0 Å². The van der Waals surface area contributed by atoms with Crippen LogP contribution in [0.5, 0.6) is 11.5 Å². The fraction of sp³-hybridized carbons (Fsp3) is 0.417. The topological polar surface area (TPSA) is 67.8 Å². The van der Waals surface area contributed by atoms with E-state index >= 15 is 0 Å². The minimum absolute atomic E-state index is 0.0869. The summed E-state index contributed by atoms with van der Waals surface area (Å²) >= 11 is 1.55. The third-order valence-corrected chi connectivity index (χ3v) is 4.05. The molecule has 5 nitrogen and oxygen atoms in total. The number of aliphatic carboxylic acids is 1. The third kappa shape index (κ3) is 2.39. The van der Waals surface area contributed by atoms with E-state index in [4.69, 9.17) is 14.6 Å². The molecule has 0 aromatic heterocycles. The van der Waals surface area contributed by atoms with Gasteiger partial charge in [0.2, 0.25) is 0 Å². The number of benzene rings is 1. The number of hydrogen-bond acceptors (Lipinski definition) is 5. The van der Waals surface area contributed by atoms with Crippen molar-refractivity contribution >= 4 is 17.7 Å². The first-order chi connectivity index (χ1) is 8.67. The van der Waals surface area contributed by atoms with Crippen molar-refractivity contribution < 1.29 is 19.4 Å². The molecule has 2 rings (SSSR count). The van der Waals surface area contributed by atoms with Gasteiger partial charge in [0, 0.05) is 11.3 Å². The predicted octanol–water partition coefficient (Wildman–Crippen LogP) is 1.49. The van der Waals surface area contributed by atoms with Gasteiger partial charge < -0.3 is 14.6 Å². The van der Waals surface area contributed by atoms with Gasteiger partial charge >= 0.3 is 5.97 Å². The van der Waals surface area contributed by atoms with Crippen molar-refractivity contribution in [3.63, 3.8) is 0 Å². The number of carboxylic acids is 1. The van der Waals surface area contributed by atoms with Crippen LogP contribution in [0.4, 0.5) is 0 Å². The second kappa shape index (κ2) is 5.49. The van der Waals surface area contributed by atoms with Crippen LogP contribution in [0.1, 0.15) is 10.9 Å². The maximum atomic E-state index is 10.9. The van der Waals surface area contributed by atoms with Gasteiger partial charge in [-0.3, -0.25) is 10.1 Å². The van der Waals surface area contributed by atoms with E-state index in [9.17, 15) is 4.79 Å². The summed E-state index contributed by atoms with van der Waals surface area (Å²) in [5.74, 6) is 1.01. The molecule has 0 bridgehead atoms. The van der Waals surface area contributed by atoms with Crippen molar-refractivity contribution in [3.05, 3.63) is 23.8 Å². The predicted molar refractivity (Wildman–Crippen MR) is 69.3 cm³/mol. The minimum Gasteiger partial charge on any atom is -0.493 e. The molecule has 0 radical (unpaired) electrons. The highest BCUT2D eigenvalue weighted by molar-refractivity contribution is 7.99. The zero-order chi connectivity index (χ0) is 13.1. The molecule has 1 heterocycles. The van der Waals surface area contributed by atoms with Gasteiger partial charge in [0.1, 0.15) is 6.04 Å². The van der Waals surface area contributed by atoms with E-state index in [1.165, 1.54) is 0 Å². The van der Waals surface area contributed by atoms with E-state index in [-0.39, 0.29) is 5.37 Å². The van der Waals surface area contributed by atoms with Crippen LogP contribution in [0, 0.1) is 0 Å². The molecule has 1 aromatic rings. The third-order valence-electron chi connectivity index (χ3n) is 2.80. The van der Waals surface area contributed by atoms with Gasteiger partial charge in [0.15, 0.2) is 11.5 Å². The molecule has 1 aromatic carbocycles. The van der Waals surface area contributed by atoms with Crippen LogP contribution < -0.4 is 14.8 Å². The number of methoxy groups -OCH3 is 2. The lowest BCUT2D eigenvalue weighted by atomic mass is 10.1. The molecule has 0 spiro atoms. The van der Waals surface area contributed by atoms with Gasteiger partial charge in [-0.1, -0.05) is 12.1 Å². The Morgan fingerprint density at radius 3 is 2.78 bits per heavy atom. The Labute approximate surface area is 109 Å². The average molecular weight is 269 g/mol. The van der Waals surface area contributed by atoms with Crippen molar-refractivity contribution in [2.24, 2.45) is 0 Å². The van der Waals surface area contributed by atoms with E-state index in [1.807, 2.05) is 18.2 Å². The molecule has 18 heavy (non-hydrogen) atoms. The van der Waals surface area contributed by atoms with Gasteiger partial charge in [-0.15, -0.1) is 11.8 Å². The van der Waals surface area contributed by atoms with Gasteiger partial charge in [0.25, 0.3) is 0 Å². The van der Waals surface area contributed by atoms with E-state index in [0.717, 1.165) is 5.56 Å². The number of carbonyl (C=O) groups is 1. The molecule has 2 N–H and O–H groups in total. The second-order valence-electron chi connectivity index (χ2n) is 3.85. The normalized spacial score (nSPS) is 22.8. The summed E-state index contributed by atoms with van der Waals surface area (Å²) in [7, 11) is 3.16. The highest BCUT2D eigenvalue weighted by Gasteiger charge is 2.32. The lowest BCUT2D eigenvalue weighted by Gasteiger charge is -2.17. The molecular formula is C12H15NO4S. The smallest absolute Gasteiger partial charge is 0.321 e. The van der Waals surface area contributed by atoms with E-state index in [1.54, 1.807) is 26.0 Å². The Kier molecular flexibility index (Phi) is 3.98. The number of nitrogens with one attached hydrogen (secondary N) is 1.